The van der Waals surface area contributed by atoms with Gasteiger partial charge in [0.25, 0.3) is 5.56 Å². The van der Waals surface area contributed by atoms with Crippen LogP contribution >= 0.6 is 23.1 Å². The number of fused-ring (bicyclic) bond motifs is 1. The van der Waals surface area contributed by atoms with E-state index < -0.39 is 5.54 Å². The number of rotatable bonds is 6. The Balaban J connectivity index is 1.92. The molecule has 1 amide bonds. The second-order valence-electron chi connectivity index (χ2n) is 8.28. The Kier molecular flexibility index (Phi) is 6.39. The molecule has 0 aliphatic heterocycles. The van der Waals surface area contributed by atoms with E-state index in [0.717, 1.165) is 41.0 Å². The molecule has 1 aliphatic rings. The first-order valence-electron chi connectivity index (χ1n) is 10.0. The largest absolute Gasteiger partial charge is 0.337 e. The molecule has 29 heavy (non-hydrogen) atoms. The van der Waals surface area contributed by atoms with Gasteiger partial charge in [0.15, 0.2) is 5.16 Å². The highest BCUT2D eigenvalue weighted by molar-refractivity contribution is 7.99. The number of hydrogen-bond acceptors (Lipinski definition) is 6. The highest BCUT2D eigenvalue weighted by Crippen LogP contribution is 2.34. The number of nitrogens with one attached hydrogen (secondary N) is 1. The number of hydrogen-bond donors (Lipinski definition) is 1. The lowest BCUT2D eigenvalue weighted by Gasteiger charge is -2.27. The number of aromatic nitrogens is 2. The fourth-order valence-electron chi connectivity index (χ4n) is 3.63. The maximum Gasteiger partial charge on any atom is 0.263 e. The summed E-state index contributed by atoms with van der Waals surface area (Å²) < 4.78 is 1.82. The van der Waals surface area contributed by atoms with Crippen molar-refractivity contribution in [2.24, 2.45) is 5.92 Å². The average molecular weight is 433 g/mol. The van der Waals surface area contributed by atoms with Crippen LogP contribution < -0.4 is 10.9 Å². The number of aryl methyl sites for hydroxylation is 2. The van der Waals surface area contributed by atoms with Gasteiger partial charge >= 0.3 is 0 Å². The number of nitriles is 1. The number of nitrogens with zero attached hydrogens (tertiary/aromatic N) is 3. The fourth-order valence-corrected chi connectivity index (χ4v) is 5.57. The summed E-state index contributed by atoms with van der Waals surface area (Å²) in [6.45, 7) is 9.54. The molecule has 0 radical (unpaired) electrons. The maximum atomic E-state index is 13.4. The highest BCUT2D eigenvalue weighted by Gasteiger charge is 2.30. The zero-order valence-corrected chi connectivity index (χ0v) is 19.3. The molecule has 1 aliphatic carbocycles. The van der Waals surface area contributed by atoms with E-state index in [1.54, 1.807) is 6.92 Å². The Morgan fingerprint density at radius 3 is 2.66 bits per heavy atom. The minimum absolute atomic E-state index is 0.00957. The van der Waals surface area contributed by atoms with E-state index >= 15 is 0 Å². The Morgan fingerprint density at radius 1 is 1.41 bits per heavy atom. The van der Waals surface area contributed by atoms with E-state index in [9.17, 15) is 14.9 Å². The van der Waals surface area contributed by atoms with Gasteiger partial charge in [0, 0.05) is 10.9 Å². The smallest absolute Gasteiger partial charge is 0.263 e. The molecule has 1 saturated carbocycles. The zero-order valence-electron chi connectivity index (χ0n) is 17.7. The molecule has 2 heterocycles. The first-order chi connectivity index (χ1) is 13.7. The predicted molar refractivity (Wildman–Crippen MR) is 119 cm³/mol. The van der Waals surface area contributed by atoms with Crippen LogP contribution in [0.4, 0.5) is 0 Å². The van der Waals surface area contributed by atoms with Gasteiger partial charge in [-0.1, -0.05) is 38.5 Å². The van der Waals surface area contributed by atoms with Gasteiger partial charge in [-0.15, -0.1) is 11.3 Å². The molecular weight excluding hydrogens is 404 g/mol. The van der Waals surface area contributed by atoms with Crippen molar-refractivity contribution >= 4 is 39.2 Å². The van der Waals surface area contributed by atoms with Crippen LogP contribution in [0, 0.1) is 31.1 Å². The van der Waals surface area contributed by atoms with E-state index in [0.29, 0.717) is 10.5 Å². The molecule has 6 nitrogen and oxygen atoms in total. The number of thiophene rings is 1. The van der Waals surface area contributed by atoms with Crippen molar-refractivity contribution < 1.29 is 4.79 Å². The predicted octanol–water partition coefficient (Wildman–Crippen LogP) is 4.34. The summed E-state index contributed by atoms with van der Waals surface area (Å²) in [7, 11) is 0. The summed E-state index contributed by atoms with van der Waals surface area (Å²) >= 11 is 2.81. The van der Waals surface area contributed by atoms with Gasteiger partial charge in [0.2, 0.25) is 5.91 Å². The molecular formula is C21H28N4O2S2. The van der Waals surface area contributed by atoms with Crippen LogP contribution in [0.15, 0.2) is 9.95 Å². The quantitative estimate of drug-likeness (QED) is 0.542. The molecule has 1 atom stereocenters. The minimum atomic E-state index is -0.915. The van der Waals surface area contributed by atoms with Crippen molar-refractivity contribution in [3.63, 3.8) is 0 Å². The van der Waals surface area contributed by atoms with Gasteiger partial charge in [0.1, 0.15) is 10.4 Å². The SMILES string of the molecule is Cc1sc2nc(SCC(=O)N[C@](C)(C#N)C(C)C)n(C3CCCC3)c(=O)c2c1C. The van der Waals surface area contributed by atoms with Crippen LogP contribution in [-0.2, 0) is 4.79 Å². The number of carbonyl (C=O) groups is 1. The van der Waals surface area contributed by atoms with Crippen molar-refractivity contribution in [2.45, 2.75) is 77.0 Å². The third-order valence-electron chi connectivity index (χ3n) is 6.01. The molecule has 1 N–H and O–H groups in total. The standard InChI is InChI=1S/C21H28N4O2S2/c1-12(2)21(5,11-22)24-16(26)10-28-20-23-18-17(13(3)14(4)29-18)19(27)25(20)15-8-6-7-9-15/h12,15H,6-10H2,1-5H3,(H,24,26)/t21-/m1/s1. The number of amides is 1. The van der Waals surface area contributed by atoms with Crippen LogP contribution in [0.25, 0.3) is 10.2 Å². The number of thioether (sulfide) groups is 1. The zero-order chi connectivity index (χ0) is 21.3. The molecule has 8 heteroatoms. The minimum Gasteiger partial charge on any atom is -0.337 e. The average Bonchev–Trinajstić information content (AvgIpc) is 3.28. The lowest BCUT2D eigenvalue weighted by atomic mass is 9.90. The number of carbonyl (C=O) groups excluding carboxylic acids is 1. The third kappa shape index (κ3) is 4.22. The van der Waals surface area contributed by atoms with E-state index in [-0.39, 0.29) is 29.2 Å². The molecule has 156 valence electrons. The first kappa shape index (κ1) is 21.8. The van der Waals surface area contributed by atoms with Gasteiger partial charge in [-0.25, -0.2) is 4.98 Å². The molecule has 0 spiro atoms. The second kappa shape index (κ2) is 8.49. The van der Waals surface area contributed by atoms with Crippen molar-refractivity contribution in [2.75, 3.05) is 5.75 Å². The van der Waals surface area contributed by atoms with Gasteiger partial charge in [-0.3, -0.25) is 14.2 Å². The Bertz CT molecular complexity index is 1030. The molecule has 0 aromatic carbocycles. The summed E-state index contributed by atoms with van der Waals surface area (Å²) in [5.41, 5.74) is 0.100. The van der Waals surface area contributed by atoms with E-state index in [1.807, 2.05) is 32.3 Å². The highest BCUT2D eigenvalue weighted by atomic mass is 32.2. The summed E-state index contributed by atoms with van der Waals surface area (Å²) in [6, 6.07) is 2.34. The fraction of sp³-hybridized carbons (Fsp3) is 0.619. The van der Waals surface area contributed by atoms with Gasteiger partial charge in [-0.2, -0.15) is 5.26 Å². The van der Waals surface area contributed by atoms with Gasteiger partial charge in [-0.05, 0) is 45.1 Å². The third-order valence-corrected chi connectivity index (χ3v) is 8.06. The summed E-state index contributed by atoms with van der Waals surface area (Å²) in [5, 5.41) is 13.6. The topological polar surface area (TPSA) is 87.8 Å². The van der Waals surface area contributed by atoms with E-state index in [2.05, 4.69) is 11.4 Å². The van der Waals surface area contributed by atoms with E-state index in [4.69, 9.17) is 4.98 Å². The van der Waals surface area contributed by atoms with E-state index in [1.165, 1.54) is 23.1 Å². The van der Waals surface area contributed by atoms with Gasteiger partial charge < -0.3 is 5.32 Å². The first-order valence-corrected chi connectivity index (χ1v) is 11.9. The van der Waals surface area contributed by atoms with Crippen LogP contribution in [0.5, 0.6) is 0 Å². The van der Waals surface area contributed by atoms with Crippen molar-refractivity contribution in [3.05, 3.63) is 20.8 Å². The van der Waals surface area contributed by atoms with Crippen LogP contribution in [0.3, 0.4) is 0 Å². The summed E-state index contributed by atoms with van der Waals surface area (Å²) in [4.78, 5) is 32.5. The molecule has 0 bridgehead atoms. The monoisotopic (exact) mass is 432 g/mol. The van der Waals surface area contributed by atoms with Crippen LogP contribution in [0.1, 0.15) is 62.9 Å². The van der Waals surface area contributed by atoms with Crippen LogP contribution in [-0.4, -0.2) is 26.8 Å². The van der Waals surface area contributed by atoms with Gasteiger partial charge in [0.05, 0.1) is 17.2 Å². The normalized spacial score (nSPS) is 16.9. The molecule has 0 unspecified atom stereocenters. The lowest BCUT2D eigenvalue weighted by molar-refractivity contribution is -0.120. The maximum absolute atomic E-state index is 13.4. The summed E-state index contributed by atoms with van der Waals surface area (Å²) in [6.07, 6.45) is 4.15. The van der Waals surface area contributed by atoms with Crippen molar-refractivity contribution in [1.29, 1.82) is 5.26 Å². The molecule has 1 fully saturated rings. The second-order valence-corrected chi connectivity index (χ2v) is 10.4. The Labute approximate surface area is 179 Å². The Hall–Kier alpha value is -1.85. The summed E-state index contributed by atoms with van der Waals surface area (Å²) in [5.74, 6) is -0.110. The molecule has 2 aromatic rings. The molecule has 0 saturated heterocycles. The molecule has 2 aromatic heterocycles. The molecule has 3 rings (SSSR count). The lowest BCUT2D eigenvalue weighted by Crippen LogP contribution is -2.49. The van der Waals surface area contributed by atoms with Crippen molar-refractivity contribution in [3.8, 4) is 6.07 Å². The van der Waals surface area contributed by atoms with Crippen LogP contribution in [0.2, 0.25) is 0 Å². The van der Waals surface area contributed by atoms with Crippen molar-refractivity contribution in [1.82, 2.24) is 14.9 Å². The Morgan fingerprint density at radius 2 is 2.07 bits per heavy atom.